The summed E-state index contributed by atoms with van der Waals surface area (Å²) in [4.78, 5) is 15.4. The van der Waals surface area contributed by atoms with Crippen molar-refractivity contribution < 1.29 is 17.6 Å². The van der Waals surface area contributed by atoms with E-state index in [1.54, 1.807) is 17.9 Å². The third-order valence-corrected chi connectivity index (χ3v) is 9.02. The van der Waals surface area contributed by atoms with E-state index in [-0.39, 0.29) is 18.5 Å². The van der Waals surface area contributed by atoms with Crippen molar-refractivity contribution in [2.75, 3.05) is 31.1 Å². The lowest BCUT2D eigenvalue weighted by molar-refractivity contribution is -0.129. The minimum atomic E-state index is -3.61. The summed E-state index contributed by atoms with van der Waals surface area (Å²) >= 11 is 0. The summed E-state index contributed by atoms with van der Waals surface area (Å²) in [5.41, 5.74) is 1.91. The Kier molecular flexibility index (Phi) is 6.53. The molecule has 1 unspecified atom stereocenters. The second kappa shape index (κ2) is 9.19. The maximum absolute atomic E-state index is 15.1. The van der Waals surface area contributed by atoms with E-state index in [0.717, 1.165) is 17.7 Å². The molecule has 2 saturated heterocycles. The lowest BCUT2D eigenvalue weighted by Crippen LogP contribution is -2.48. The first-order chi connectivity index (χ1) is 15.3. The molecule has 2 heterocycles. The van der Waals surface area contributed by atoms with Crippen LogP contribution in [0.3, 0.4) is 0 Å². The molecule has 0 aliphatic carbocycles. The van der Waals surface area contributed by atoms with Crippen LogP contribution in [0.4, 0.5) is 10.1 Å². The molecule has 2 aromatic rings. The molecular weight excluding hydrogens is 429 g/mol. The number of halogens is 1. The normalized spacial score (nSPS) is 23.8. The Balaban J connectivity index is 1.51. The maximum Gasteiger partial charge on any atom is 0.221 e. The van der Waals surface area contributed by atoms with Crippen molar-refractivity contribution in [2.24, 2.45) is 0 Å². The second-order valence-electron chi connectivity index (χ2n) is 8.68. The zero-order valence-electron chi connectivity index (χ0n) is 18.6. The lowest BCUT2D eigenvalue weighted by atomic mass is 10.0. The topological polar surface area (TPSA) is 60.9 Å². The van der Waals surface area contributed by atoms with Crippen LogP contribution < -0.4 is 4.90 Å². The maximum atomic E-state index is 15.1. The number of benzene rings is 2. The van der Waals surface area contributed by atoms with Gasteiger partial charge >= 0.3 is 0 Å². The molecule has 0 spiro atoms. The first-order valence-corrected chi connectivity index (χ1v) is 12.6. The molecule has 0 aromatic heterocycles. The van der Waals surface area contributed by atoms with Crippen molar-refractivity contribution in [1.82, 2.24) is 9.21 Å². The second-order valence-corrected chi connectivity index (χ2v) is 10.8. The standard InChI is InChI=1S/C24H30FN3O3S/c1-18-8-11-24(20-6-4-3-5-7-20)32(30,31)28(18)17-21-9-10-22(16-23(21)25)27-14-12-26(13-15-27)19(2)29/h3-7,9-10,16,18,24H,8,11-15,17H2,1-2H3/t18-,24?/m1/s1. The van der Waals surface area contributed by atoms with Crippen molar-refractivity contribution in [3.63, 3.8) is 0 Å². The van der Waals surface area contributed by atoms with E-state index in [1.165, 1.54) is 10.4 Å². The van der Waals surface area contributed by atoms with E-state index < -0.39 is 21.1 Å². The van der Waals surface area contributed by atoms with E-state index in [0.29, 0.717) is 38.2 Å². The van der Waals surface area contributed by atoms with Gasteiger partial charge in [-0.3, -0.25) is 4.79 Å². The summed E-state index contributed by atoms with van der Waals surface area (Å²) < 4.78 is 43.3. The third-order valence-electron chi connectivity index (χ3n) is 6.65. The van der Waals surface area contributed by atoms with Gasteiger partial charge in [-0.1, -0.05) is 36.4 Å². The zero-order valence-corrected chi connectivity index (χ0v) is 19.4. The minimum Gasteiger partial charge on any atom is -0.368 e. The number of nitrogens with zero attached hydrogens (tertiary/aromatic N) is 3. The summed E-state index contributed by atoms with van der Waals surface area (Å²) in [6.45, 7) is 5.99. The molecule has 2 aliphatic rings. The molecule has 0 saturated carbocycles. The van der Waals surface area contributed by atoms with E-state index in [2.05, 4.69) is 4.90 Å². The van der Waals surface area contributed by atoms with Gasteiger partial charge in [0, 0.05) is 56.9 Å². The zero-order chi connectivity index (χ0) is 22.9. The number of piperazine rings is 1. The fourth-order valence-electron chi connectivity index (χ4n) is 4.66. The molecule has 6 nitrogen and oxygen atoms in total. The number of amides is 1. The van der Waals surface area contributed by atoms with Crippen LogP contribution in [-0.4, -0.2) is 55.8 Å². The molecule has 0 radical (unpaired) electrons. The van der Waals surface area contributed by atoms with Gasteiger partial charge < -0.3 is 9.80 Å². The minimum absolute atomic E-state index is 0.0249. The molecule has 32 heavy (non-hydrogen) atoms. The number of sulfonamides is 1. The fourth-order valence-corrected chi connectivity index (χ4v) is 6.85. The van der Waals surface area contributed by atoms with Gasteiger partial charge in [-0.15, -0.1) is 0 Å². The van der Waals surface area contributed by atoms with Gasteiger partial charge in [0.15, 0.2) is 0 Å². The smallest absolute Gasteiger partial charge is 0.221 e. The highest BCUT2D eigenvalue weighted by atomic mass is 32.2. The van der Waals surface area contributed by atoms with Gasteiger partial charge in [-0.25, -0.2) is 12.8 Å². The number of anilines is 1. The van der Waals surface area contributed by atoms with Crippen LogP contribution in [0.1, 0.15) is 43.1 Å². The van der Waals surface area contributed by atoms with Crippen LogP contribution in [0.2, 0.25) is 0 Å². The van der Waals surface area contributed by atoms with Gasteiger partial charge in [0.1, 0.15) is 11.1 Å². The highest BCUT2D eigenvalue weighted by Crippen LogP contribution is 2.38. The third kappa shape index (κ3) is 4.52. The molecule has 2 atom stereocenters. The van der Waals surface area contributed by atoms with Gasteiger partial charge in [0.25, 0.3) is 0 Å². The van der Waals surface area contributed by atoms with Gasteiger partial charge in [0.2, 0.25) is 15.9 Å². The summed E-state index contributed by atoms with van der Waals surface area (Å²) in [7, 11) is -3.61. The lowest BCUT2D eigenvalue weighted by Gasteiger charge is -2.38. The first kappa shape index (κ1) is 22.7. The molecule has 0 bridgehead atoms. The Morgan fingerprint density at radius 3 is 2.34 bits per heavy atom. The predicted molar refractivity (Wildman–Crippen MR) is 123 cm³/mol. The Labute approximate surface area is 189 Å². The van der Waals surface area contributed by atoms with E-state index >= 15 is 4.39 Å². The molecule has 8 heteroatoms. The summed E-state index contributed by atoms with van der Waals surface area (Å²) in [5, 5.41) is -0.597. The van der Waals surface area contributed by atoms with Crippen LogP contribution >= 0.6 is 0 Å². The van der Waals surface area contributed by atoms with Crippen LogP contribution in [0.25, 0.3) is 0 Å². The number of rotatable bonds is 4. The summed E-state index contributed by atoms with van der Waals surface area (Å²) in [6.07, 6.45) is 1.30. The Morgan fingerprint density at radius 1 is 1.03 bits per heavy atom. The van der Waals surface area contributed by atoms with Gasteiger partial charge in [-0.05, 0) is 37.5 Å². The molecule has 172 valence electrons. The van der Waals surface area contributed by atoms with Gasteiger partial charge in [0.05, 0.1) is 0 Å². The largest absolute Gasteiger partial charge is 0.368 e. The predicted octanol–water partition coefficient (Wildman–Crippen LogP) is 3.55. The molecule has 4 rings (SSSR count). The fraction of sp³-hybridized carbons (Fsp3) is 0.458. The van der Waals surface area contributed by atoms with Crippen molar-refractivity contribution in [3.05, 3.63) is 65.5 Å². The number of carbonyl (C=O) groups excluding carboxylic acids is 1. The molecule has 2 aromatic carbocycles. The molecule has 0 N–H and O–H groups in total. The highest BCUT2D eigenvalue weighted by Gasteiger charge is 2.40. The van der Waals surface area contributed by atoms with Crippen LogP contribution in [0.5, 0.6) is 0 Å². The number of hydrogen-bond acceptors (Lipinski definition) is 4. The van der Waals surface area contributed by atoms with Crippen LogP contribution in [0, 0.1) is 5.82 Å². The van der Waals surface area contributed by atoms with E-state index in [1.807, 2.05) is 43.3 Å². The van der Waals surface area contributed by atoms with E-state index in [9.17, 15) is 13.2 Å². The Hall–Kier alpha value is -2.45. The van der Waals surface area contributed by atoms with Crippen molar-refractivity contribution in [3.8, 4) is 0 Å². The summed E-state index contributed by atoms with van der Waals surface area (Å²) in [6, 6.07) is 14.1. The number of carbonyl (C=O) groups is 1. The quantitative estimate of drug-likeness (QED) is 0.702. The Morgan fingerprint density at radius 2 is 1.72 bits per heavy atom. The van der Waals surface area contributed by atoms with Gasteiger partial charge in [-0.2, -0.15) is 4.31 Å². The van der Waals surface area contributed by atoms with Crippen molar-refractivity contribution in [1.29, 1.82) is 0 Å². The van der Waals surface area contributed by atoms with Crippen LogP contribution in [-0.2, 0) is 21.4 Å². The molecule has 1 amide bonds. The van der Waals surface area contributed by atoms with E-state index in [4.69, 9.17) is 0 Å². The van der Waals surface area contributed by atoms with Crippen molar-refractivity contribution in [2.45, 2.75) is 44.5 Å². The first-order valence-electron chi connectivity index (χ1n) is 11.1. The monoisotopic (exact) mass is 459 g/mol. The average Bonchev–Trinajstić information content (AvgIpc) is 2.78. The molecule has 2 fully saturated rings. The average molecular weight is 460 g/mol. The number of hydrogen-bond donors (Lipinski definition) is 0. The van der Waals surface area contributed by atoms with Crippen LogP contribution in [0.15, 0.2) is 48.5 Å². The van der Waals surface area contributed by atoms with Crippen molar-refractivity contribution >= 4 is 21.6 Å². The summed E-state index contributed by atoms with van der Waals surface area (Å²) in [5.74, 6) is -0.349. The SMILES string of the molecule is CC(=O)N1CCN(c2ccc(CN3[C@H](C)CCC(c4ccccc4)S3(=O)=O)c(F)c2)CC1. The Bertz CT molecular complexity index is 1070. The highest BCUT2D eigenvalue weighted by molar-refractivity contribution is 7.89. The molecular formula is C24H30FN3O3S. The molecule has 2 aliphatic heterocycles.